The number of benzene rings is 3. The Morgan fingerprint density at radius 1 is 0.595 bits per heavy atom. The molecule has 42 heavy (non-hydrogen) atoms. The number of rotatable bonds is 11. The molecule has 3 rings (SSSR count). The SMILES string of the molecule is C=C(C)C(=O)Oc1ccc(-c2cc(OC(=O)C(=C)C)c(-c3ccc(OC(O)C(=C)C)cc3)cc2OC(=O)C(=C)C)cc1. The van der Waals surface area contributed by atoms with Gasteiger partial charge in [-0.05, 0) is 80.8 Å². The molecule has 1 atom stereocenters. The summed E-state index contributed by atoms with van der Waals surface area (Å²) < 4.78 is 22.1. The third-order valence-corrected chi connectivity index (χ3v) is 5.74. The van der Waals surface area contributed by atoms with Gasteiger partial charge in [0.2, 0.25) is 6.29 Å². The van der Waals surface area contributed by atoms with Gasteiger partial charge in [-0.15, -0.1) is 0 Å². The maximum Gasteiger partial charge on any atom is 0.338 e. The summed E-state index contributed by atoms with van der Waals surface area (Å²) in [4.78, 5) is 37.1. The molecule has 0 aliphatic rings. The first kappa shape index (κ1) is 31.3. The standard InChI is InChI=1S/C34H32O8/c1-19(2)31(35)39-25-13-9-23(10-14-25)27-17-30(42-34(38)22(7)8)28(18-29(27)41-33(37)21(5)6)24-11-15-26(16-12-24)40-32(36)20(3)4/h9-18,31,35H,1,3,5,7H2,2,4,6,8H3. The van der Waals surface area contributed by atoms with Crippen LogP contribution in [0.15, 0.2) is 109 Å². The fourth-order valence-electron chi connectivity index (χ4n) is 3.39. The van der Waals surface area contributed by atoms with E-state index < -0.39 is 24.2 Å². The Balaban J connectivity index is 2.16. The van der Waals surface area contributed by atoms with Crippen molar-refractivity contribution in [2.24, 2.45) is 0 Å². The van der Waals surface area contributed by atoms with Crippen molar-refractivity contribution in [2.75, 3.05) is 0 Å². The number of hydrogen-bond acceptors (Lipinski definition) is 8. The summed E-state index contributed by atoms with van der Waals surface area (Å²) in [5.74, 6) is -0.870. The summed E-state index contributed by atoms with van der Waals surface area (Å²) in [6.45, 7) is 20.8. The van der Waals surface area contributed by atoms with Crippen molar-refractivity contribution in [3.63, 3.8) is 0 Å². The molecule has 0 aromatic heterocycles. The zero-order chi connectivity index (χ0) is 31.1. The lowest BCUT2D eigenvalue weighted by atomic mass is 9.97. The van der Waals surface area contributed by atoms with Crippen LogP contribution in [0.4, 0.5) is 0 Å². The molecule has 0 fully saturated rings. The molecule has 0 spiro atoms. The molecule has 0 bridgehead atoms. The van der Waals surface area contributed by atoms with E-state index >= 15 is 0 Å². The van der Waals surface area contributed by atoms with Crippen LogP contribution in [-0.4, -0.2) is 29.3 Å². The topological polar surface area (TPSA) is 108 Å². The van der Waals surface area contributed by atoms with Gasteiger partial charge in [-0.1, -0.05) is 50.6 Å². The second-order valence-electron chi connectivity index (χ2n) is 9.72. The van der Waals surface area contributed by atoms with Crippen LogP contribution in [0.3, 0.4) is 0 Å². The third kappa shape index (κ3) is 7.93. The second kappa shape index (κ2) is 13.4. The van der Waals surface area contributed by atoms with Crippen molar-refractivity contribution in [1.82, 2.24) is 0 Å². The number of carbonyl (C=O) groups is 3. The Hall–Kier alpha value is -5.21. The van der Waals surface area contributed by atoms with E-state index in [0.717, 1.165) is 0 Å². The van der Waals surface area contributed by atoms with E-state index in [1.165, 1.54) is 13.8 Å². The number of carbonyl (C=O) groups excluding carboxylic acids is 3. The first-order valence-electron chi connectivity index (χ1n) is 12.8. The zero-order valence-corrected chi connectivity index (χ0v) is 24.0. The van der Waals surface area contributed by atoms with Crippen LogP contribution in [0.2, 0.25) is 0 Å². The lowest BCUT2D eigenvalue weighted by Gasteiger charge is -2.18. The highest BCUT2D eigenvalue weighted by Crippen LogP contribution is 2.42. The molecular weight excluding hydrogens is 536 g/mol. The second-order valence-corrected chi connectivity index (χ2v) is 9.72. The molecule has 1 unspecified atom stereocenters. The molecule has 0 heterocycles. The molecule has 8 heteroatoms. The molecule has 0 saturated heterocycles. The molecule has 8 nitrogen and oxygen atoms in total. The predicted octanol–water partition coefficient (Wildman–Crippen LogP) is 6.74. The lowest BCUT2D eigenvalue weighted by molar-refractivity contribution is -0.131. The Morgan fingerprint density at radius 2 is 0.952 bits per heavy atom. The van der Waals surface area contributed by atoms with Crippen LogP contribution in [0.1, 0.15) is 27.7 Å². The minimum absolute atomic E-state index is 0.165. The van der Waals surface area contributed by atoms with E-state index in [0.29, 0.717) is 33.6 Å². The fourth-order valence-corrected chi connectivity index (χ4v) is 3.39. The quantitative estimate of drug-likeness (QED) is 0.0891. The minimum Gasteiger partial charge on any atom is -0.461 e. The highest BCUT2D eigenvalue weighted by Gasteiger charge is 2.21. The van der Waals surface area contributed by atoms with Crippen LogP contribution in [0.25, 0.3) is 22.3 Å². The number of aliphatic hydroxyl groups is 1. The van der Waals surface area contributed by atoms with Crippen molar-refractivity contribution >= 4 is 17.9 Å². The van der Waals surface area contributed by atoms with Crippen molar-refractivity contribution in [1.29, 1.82) is 0 Å². The molecular formula is C34H32O8. The van der Waals surface area contributed by atoms with Gasteiger partial charge in [0.1, 0.15) is 23.0 Å². The van der Waals surface area contributed by atoms with Crippen LogP contribution in [-0.2, 0) is 14.4 Å². The predicted molar refractivity (Wildman–Crippen MR) is 160 cm³/mol. The van der Waals surface area contributed by atoms with Gasteiger partial charge in [0.05, 0.1) is 0 Å². The Morgan fingerprint density at radius 3 is 1.31 bits per heavy atom. The Bertz CT molecular complexity index is 1580. The van der Waals surface area contributed by atoms with Crippen LogP contribution >= 0.6 is 0 Å². The van der Waals surface area contributed by atoms with Gasteiger partial charge in [-0.2, -0.15) is 0 Å². The molecule has 0 amide bonds. The smallest absolute Gasteiger partial charge is 0.338 e. The van der Waals surface area contributed by atoms with Gasteiger partial charge < -0.3 is 24.1 Å². The van der Waals surface area contributed by atoms with Crippen LogP contribution < -0.4 is 18.9 Å². The molecule has 0 radical (unpaired) electrons. The molecule has 3 aromatic rings. The summed E-state index contributed by atoms with van der Waals surface area (Å²) in [6.07, 6.45) is -1.17. The molecule has 3 aromatic carbocycles. The lowest BCUT2D eigenvalue weighted by Crippen LogP contribution is -2.15. The summed E-state index contributed by atoms with van der Waals surface area (Å²) in [7, 11) is 0. The number of hydrogen-bond donors (Lipinski definition) is 1. The molecule has 0 saturated carbocycles. The highest BCUT2D eigenvalue weighted by atomic mass is 16.6. The number of esters is 3. The maximum atomic E-state index is 12.6. The van der Waals surface area contributed by atoms with Crippen molar-refractivity contribution in [3.05, 3.63) is 109 Å². The molecule has 0 aliphatic heterocycles. The van der Waals surface area contributed by atoms with Crippen LogP contribution in [0, 0.1) is 0 Å². The summed E-state index contributed by atoms with van der Waals surface area (Å²) >= 11 is 0. The van der Waals surface area contributed by atoms with Gasteiger partial charge in [-0.25, -0.2) is 14.4 Å². The van der Waals surface area contributed by atoms with E-state index in [1.54, 1.807) is 74.5 Å². The number of aliphatic hydroxyl groups excluding tert-OH is 1. The zero-order valence-electron chi connectivity index (χ0n) is 24.0. The van der Waals surface area contributed by atoms with Gasteiger partial charge in [0.25, 0.3) is 0 Å². The Kier molecular flexibility index (Phi) is 10.0. The molecule has 0 aliphatic carbocycles. The van der Waals surface area contributed by atoms with Gasteiger partial charge in [0, 0.05) is 27.8 Å². The highest BCUT2D eigenvalue weighted by molar-refractivity contribution is 5.94. The van der Waals surface area contributed by atoms with E-state index in [2.05, 4.69) is 26.3 Å². The third-order valence-electron chi connectivity index (χ3n) is 5.74. The summed E-state index contributed by atoms with van der Waals surface area (Å²) in [5.41, 5.74) is 3.07. The van der Waals surface area contributed by atoms with E-state index in [1.807, 2.05) is 0 Å². The van der Waals surface area contributed by atoms with Gasteiger partial charge in [-0.3, -0.25) is 0 Å². The van der Waals surface area contributed by atoms with Crippen molar-refractivity contribution < 1.29 is 38.4 Å². The van der Waals surface area contributed by atoms with E-state index in [-0.39, 0.29) is 34.0 Å². The van der Waals surface area contributed by atoms with Gasteiger partial charge >= 0.3 is 17.9 Å². The maximum absolute atomic E-state index is 12.6. The Labute approximate surface area is 244 Å². The summed E-state index contributed by atoms with van der Waals surface area (Å²) in [6, 6.07) is 16.3. The normalized spacial score (nSPS) is 11.1. The van der Waals surface area contributed by atoms with E-state index in [9.17, 15) is 19.5 Å². The van der Waals surface area contributed by atoms with Crippen molar-refractivity contribution in [3.8, 4) is 45.3 Å². The fraction of sp³-hybridized carbons (Fsp3) is 0.147. The van der Waals surface area contributed by atoms with Crippen molar-refractivity contribution in [2.45, 2.75) is 34.0 Å². The number of ether oxygens (including phenoxy) is 4. The van der Waals surface area contributed by atoms with Gasteiger partial charge in [0.15, 0.2) is 0 Å². The average Bonchev–Trinajstić information content (AvgIpc) is 2.94. The molecule has 1 N–H and O–H groups in total. The first-order chi connectivity index (χ1) is 19.8. The largest absolute Gasteiger partial charge is 0.461 e. The minimum atomic E-state index is -1.17. The van der Waals surface area contributed by atoms with Crippen LogP contribution in [0.5, 0.6) is 23.0 Å². The average molecular weight is 569 g/mol. The van der Waals surface area contributed by atoms with E-state index in [4.69, 9.17) is 18.9 Å². The summed E-state index contributed by atoms with van der Waals surface area (Å²) in [5, 5.41) is 9.98. The molecule has 216 valence electrons. The first-order valence-corrected chi connectivity index (χ1v) is 12.8. The monoisotopic (exact) mass is 568 g/mol.